The van der Waals surface area contributed by atoms with Crippen molar-refractivity contribution in [2.75, 3.05) is 26.9 Å². The summed E-state index contributed by atoms with van der Waals surface area (Å²) in [7, 11) is 1.72. The minimum Gasteiger partial charge on any atom is -0.385 e. The van der Waals surface area contributed by atoms with Crippen LogP contribution in [0, 0.1) is 0 Å². The Bertz CT molecular complexity index is 107. The molecule has 0 saturated carbocycles. The molecule has 0 aromatic rings. The van der Waals surface area contributed by atoms with E-state index in [1.807, 2.05) is 0 Å². The zero-order valence-electron chi connectivity index (χ0n) is 9.30. The quantitative estimate of drug-likeness (QED) is 0.586. The van der Waals surface area contributed by atoms with E-state index in [0.29, 0.717) is 12.1 Å². The Morgan fingerprint density at radius 2 is 1.85 bits per heavy atom. The van der Waals surface area contributed by atoms with E-state index in [-0.39, 0.29) is 0 Å². The molecule has 0 rings (SSSR count). The van der Waals surface area contributed by atoms with Crippen LogP contribution < -0.4 is 5.32 Å². The molecule has 1 N–H and O–H groups in total. The summed E-state index contributed by atoms with van der Waals surface area (Å²) in [5.74, 6) is 0. The first-order valence-corrected chi connectivity index (χ1v) is 5.00. The summed E-state index contributed by atoms with van der Waals surface area (Å²) in [6.07, 6.45) is 1.27. The fourth-order valence-electron chi connectivity index (χ4n) is 0.975. The summed E-state index contributed by atoms with van der Waals surface area (Å²) < 4.78 is 10.5. The molecule has 0 saturated heterocycles. The van der Waals surface area contributed by atoms with Gasteiger partial charge in [0.05, 0.1) is 12.7 Å². The molecule has 0 bridgehead atoms. The molecule has 0 radical (unpaired) electrons. The predicted octanol–water partition coefficient (Wildman–Crippen LogP) is 1.43. The molecule has 0 heterocycles. The Hall–Kier alpha value is -0.120. The van der Waals surface area contributed by atoms with Crippen LogP contribution in [-0.4, -0.2) is 39.0 Å². The second kappa shape index (κ2) is 8.48. The maximum atomic E-state index is 5.55. The molecule has 3 heteroatoms. The number of ether oxygens (including phenoxy) is 2. The standard InChI is InChI=1S/C10H23NO2/c1-9(2)11-6-8-13-10(3)5-7-12-4/h9-11H,5-8H2,1-4H3. The Kier molecular flexibility index (Phi) is 8.40. The molecule has 0 amide bonds. The molecule has 0 spiro atoms. The van der Waals surface area contributed by atoms with Crippen LogP contribution >= 0.6 is 0 Å². The summed E-state index contributed by atoms with van der Waals surface area (Å²) in [5, 5.41) is 3.30. The van der Waals surface area contributed by atoms with Crippen molar-refractivity contribution < 1.29 is 9.47 Å². The highest BCUT2D eigenvalue weighted by Crippen LogP contribution is 1.96. The van der Waals surface area contributed by atoms with Gasteiger partial charge >= 0.3 is 0 Å². The maximum absolute atomic E-state index is 5.55. The van der Waals surface area contributed by atoms with Gasteiger partial charge in [-0.25, -0.2) is 0 Å². The normalized spacial score (nSPS) is 13.6. The third kappa shape index (κ3) is 9.80. The van der Waals surface area contributed by atoms with E-state index >= 15 is 0 Å². The van der Waals surface area contributed by atoms with Crippen LogP contribution in [0.1, 0.15) is 27.2 Å². The fourth-order valence-corrected chi connectivity index (χ4v) is 0.975. The number of hydrogen-bond acceptors (Lipinski definition) is 3. The molecule has 0 aliphatic heterocycles. The highest BCUT2D eigenvalue weighted by atomic mass is 16.5. The number of methoxy groups -OCH3 is 1. The largest absolute Gasteiger partial charge is 0.385 e. The average Bonchev–Trinajstić information content (AvgIpc) is 2.08. The molecule has 3 nitrogen and oxygen atoms in total. The Morgan fingerprint density at radius 1 is 1.15 bits per heavy atom. The van der Waals surface area contributed by atoms with Crippen molar-refractivity contribution in [3.05, 3.63) is 0 Å². The van der Waals surface area contributed by atoms with Crippen LogP contribution in [0.4, 0.5) is 0 Å². The van der Waals surface area contributed by atoms with Crippen LogP contribution in [0.3, 0.4) is 0 Å². The Labute approximate surface area is 81.8 Å². The third-order valence-electron chi connectivity index (χ3n) is 1.79. The Balaban J connectivity index is 3.12. The summed E-state index contributed by atoms with van der Waals surface area (Å²) >= 11 is 0. The lowest BCUT2D eigenvalue weighted by atomic mass is 10.3. The number of rotatable bonds is 8. The lowest BCUT2D eigenvalue weighted by molar-refractivity contribution is 0.0420. The molecule has 1 unspecified atom stereocenters. The number of nitrogens with one attached hydrogen (secondary N) is 1. The molecule has 13 heavy (non-hydrogen) atoms. The predicted molar refractivity (Wildman–Crippen MR) is 55.0 cm³/mol. The minimum absolute atomic E-state index is 0.300. The third-order valence-corrected chi connectivity index (χ3v) is 1.79. The van der Waals surface area contributed by atoms with Gasteiger partial charge < -0.3 is 14.8 Å². The molecule has 0 aromatic heterocycles. The topological polar surface area (TPSA) is 30.5 Å². The highest BCUT2D eigenvalue weighted by molar-refractivity contribution is 4.53. The smallest absolute Gasteiger partial charge is 0.0594 e. The highest BCUT2D eigenvalue weighted by Gasteiger charge is 2.00. The van der Waals surface area contributed by atoms with Crippen LogP contribution in [0.25, 0.3) is 0 Å². The monoisotopic (exact) mass is 189 g/mol. The van der Waals surface area contributed by atoms with E-state index in [9.17, 15) is 0 Å². The van der Waals surface area contributed by atoms with E-state index in [0.717, 1.165) is 26.2 Å². The molecule has 0 aliphatic carbocycles. The van der Waals surface area contributed by atoms with E-state index < -0.39 is 0 Å². The molecular formula is C10H23NO2. The zero-order valence-corrected chi connectivity index (χ0v) is 9.30. The first-order valence-electron chi connectivity index (χ1n) is 5.00. The van der Waals surface area contributed by atoms with Crippen molar-refractivity contribution in [1.29, 1.82) is 0 Å². The van der Waals surface area contributed by atoms with E-state index in [1.54, 1.807) is 7.11 Å². The van der Waals surface area contributed by atoms with Crippen molar-refractivity contribution in [3.63, 3.8) is 0 Å². The van der Waals surface area contributed by atoms with Crippen molar-refractivity contribution in [2.24, 2.45) is 0 Å². The SMILES string of the molecule is COCCC(C)OCCNC(C)C. The first kappa shape index (κ1) is 12.9. The van der Waals surface area contributed by atoms with Crippen LogP contribution in [0.2, 0.25) is 0 Å². The van der Waals surface area contributed by atoms with E-state index in [2.05, 4.69) is 26.1 Å². The van der Waals surface area contributed by atoms with Crippen LogP contribution in [0.5, 0.6) is 0 Å². The summed E-state index contributed by atoms with van der Waals surface area (Å²) in [6.45, 7) is 8.83. The van der Waals surface area contributed by atoms with Gasteiger partial charge in [-0.2, -0.15) is 0 Å². The molecule has 0 fully saturated rings. The van der Waals surface area contributed by atoms with Gasteiger partial charge in [-0.05, 0) is 13.3 Å². The second-order valence-corrected chi connectivity index (χ2v) is 3.57. The van der Waals surface area contributed by atoms with Gasteiger partial charge in [0.15, 0.2) is 0 Å². The lowest BCUT2D eigenvalue weighted by Gasteiger charge is -2.13. The van der Waals surface area contributed by atoms with Gasteiger partial charge in [0, 0.05) is 26.3 Å². The van der Waals surface area contributed by atoms with Gasteiger partial charge in [-0.15, -0.1) is 0 Å². The van der Waals surface area contributed by atoms with Crippen molar-refractivity contribution >= 4 is 0 Å². The van der Waals surface area contributed by atoms with Crippen molar-refractivity contribution in [1.82, 2.24) is 5.32 Å². The van der Waals surface area contributed by atoms with Gasteiger partial charge in [-0.3, -0.25) is 0 Å². The van der Waals surface area contributed by atoms with Gasteiger partial charge in [0.25, 0.3) is 0 Å². The van der Waals surface area contributed by atoms with Gasteiger partial charge in [0.2, 0.25) is 0 Å². The van der Waals surface area contributed by atoms with Gasteiger partial charge in [-0.1, -0.05) is 13.8 Å². The maximum Gasteiger partial charge on any atom is 0.0594 e. The first-order chi connectivity index (χ1) is 6.16. The lowest BCUT2D eigenvalue weighted by Crippen LogP contribution is -2.28. The number of hydrogen-bond donors (Lipinski definition) is 1. The molecule has 1 atom stereocenters. The fraction of sp³-hybridized carbons (Fsp3) is 1.00. The van der Waals surface area contributed by atoms with Crippen LogP contribution in [0.15, 0.2) is 0 Å². The summed E-state index contributed by atoms with van der Waals surface area (Å²) in [5.41, 5.74) is 0. The van der Waals surface area contributed by atoms with E-state index in [1.165, 1.54) is 0 Å². The second-order valence-electron chi connectivity index (χ2n) is 3.57. The zero-order chi connectivity index (χ0) is 10.1. The average molecular weight is 189 g/mol. The van der Waals surface area contributed by atoms with Crippen molar-refractivity contribution in [2.45, 2.75) is 39.3 Å². The van der Waals surface area contributed by atoms with Crippen molar-refractivity contribution in [3.8, 4) is 0 Å². The molecule has 0 aromatic carbocycles. The molecule has 80 valence electrons. The Morgan fingerprint density at radius 3 is 2.38 bits per heavy atom. The molecular weight excluding hydrogens is 166 g/mol. The minimum atomic E-state index is 0.300. The molecule has 0 aliphatic rings. The van der Waals surface area contributed by atoms with Gasteiger partial charge in [0.1, 0.15) is 0 Å². The summed E-state index contributed by atoms with van der Waals surface area (Å²) in [4.78, 5) is 0. The summed E-state index contributed by atoms with van der Waals surface area (Å²) in [6, 6.07) is 0.540. The van der Waals surface area contributed by atoms with Crippen LogP contribution in [-0.2, 0) is 9.47 Å². The van der Waals surface area contributed by atoms with E-state index in [4.69, 9.17) is 9.47 Å².